The molecule has 1 rings (SSSR count). The van der Waals surface area contributed by atoms with Crippen molar-refractivity contribution in [2.45, 2.75) is 46.2 Å². The first-order chi connectivity index (χ1) is 8.37. The van der Waals surface area contributed by atoms with Crippen molar-refractivity contribution < 1.29 is 4.79 Å². The van der Waals surface area contributed by atoms with Gasteiger partial charge in [0.25, 0.3) is 0 Å². The topological polar surface area (TPSA) is 54.0 Å². The molecule has 0 atom stereocenters. The van der Waals surface area contributed by atoms with Crippen molar-refractivity contribution in [2.24, 2.45) is 0 Å². The lowest BCUT2D eigenvalue weighted by atomic mass is 10.1. The Bertz CT molecular complexity index is 396. The third-order valence-corrected chi connectivity index (χ3v) is 2.30. The van der Waals surface area contributed by atoms with Crippen LogP contribution < -0.4 is 10.6 Å². The monoisotopic (exact) mass is 249 g/mol. The predicted octanol–water partition coefficient (Wildman–Crippen LogP) is 1.78. The molecule has 0 aliphatic heterocycles. The van der Waals surface area contributed by atoms with Crippen molar-refractivity contribution in [3.8, 4) is 0 Å². The molecule has 4 heteroatoms. The van der Waals surface area contributed by atoms with Gasteiger partial charge in [0.2, 0.25) is 5.91 Å². The molecule has 0 unspecified atom stereocenters. The van der Waals surface area contributed by atoms with Gasteiger partial charge in [-0.15, -0.1) is 0 Å². The summed E-state index contributed by atoms with van der Waals surface area (Å²) in [6, 6.07) is 2.09. The number of hydrogen-bond acceptors (Lipinski definition) is 3. The van der Waals surface area contributed by atoms with E-state index in [0.29, 0.717) is 13.0 Å². The zero-order chi connectivity index (χ0) is 13.6. The average Bonchev–Trinajstić information content (AvgIpc) is 2.22. The lowest BCUT2D eigenvalue weighted by molar-refractivity contribution is -0.122. The third-order valence-electron chi connectivity index (χ3n) is 2.30. The maximum atomic E-state index is 11.6. The Hall–Kier alpha value is -1.42. The fourth-order valence-corrected chi connectivity index (χ4v) is 1.63. The Morgan fingerprint density at radius 3 is 2.67 bits per heavy atom. The number of carbonyl (C=O) groups is 1. The second kappa shape index (κ2) is 6.50. The molecule has 1 heterocycles. The second-order valence-electron chi connectivity index (χ2n) is 5.60. The number of aromatic nitrogens is 1. The first kappa shape index (κ1) is 14.6. The van der Waals surface area contributed by atoms with E-state index in [0.717, 1.165) is 17.7 Å². The highest BCUT2D eigenvalue weighted by atomic mass is 16.1. The van der Waals surface area contributed by atoms with Gasteiger partial charge in [-0.2, -0.15) is 0 Å². The molecule has 0 fully saturated rings. The fourth-order valence-electron chi connectivity index (χ4n) is 1.63. The minimum atomic E-state index is -0.155. The molecular formula is C14H23N3O. The van der Waals surface area contributed by atoms with Crippen LogP contribution in [0, 0.1) is 6.92 Å². The average molecular weight is 249 g/mol. The van der Waals surface area contributed by atoms with Crippen LogP contribution in [0.1, 0.15) is 38.3 Å². The molecule has 0 aliphatic carbocycles. The van der Waals surface area contributed by atoms with E-state index in [2.05, 4.69) is 21.7 Å². The third kappa shape index (κ3) is 6.35. The van der Waals surface area contributed by atoms with Crippen LogP contribution in [0.2, 0.25) is 0 Å². The van der Waals surface area contributed by atoms with Crippen LogP contribution in [0.4, 0.5) is 0 Å². The zero-order valence-electron chi connectivity index (χ0n) is 11.7. The van der Waals surface area contributed by atoms with Crippen LogP contribution >= 0.6 is 0 Å². The van der Waals surface area contributed by atoms with E-state index in [1.54, 1.807) is 0 Å². The maximum absolute atomic E-state index is 11.6. The Morgan fingerprint density at radius 1 is 1.33 bits per heavy atom. The lowest BCUT2D eigenvalue weighted by Crippen LogP contribution is -2.41. The fraction of sp³-hybridized carbons (Fsp3) is 0.571. The van der Waals surface area contributed by atoms with Gasteiger partial charge in [0, 0.05) is 37.4 Å². The van der Waals surface area contributed by atoms with Crippen LogP contribution in [0.3, 0.4) is 0 Å². The lowest BCUT2D eigenvalue weighted by Gasteiger charge is -2.20. The molecule has 0 bridgehead atoms. The summed E-state index contributed by atoms with van der Waals surface area (Å²) in [6.07, 6.45) is 4.17. The summed E-state index contributed by atoms with van der Waals surface area (Å²) in [7, 11) is 0. The number of aryl methyl sites for hydroxylation is 1. The van der Waals surface area contributed by atoms with Crippen molar-refractivity contribution in [3.63, 3.8) is 0 Å². The summed E-state index contributed by atoms with van der Waals surface area (Å²) >= 11 is 0. The van der Waals surface area contributed by atoms with Crippen LogP contribution in [-0.2, 0) is 11.3 Å². The van der Waals surface area contributed by atoms with Gasteiger partial charge in [-0.3, -0.25) is 9.78 Å². The van der Waals surface area contributed by atoms with Gasteiger partial charge in [0.05, 0.1) is 0 Å². The van der Waals surface area contributed by atoms with Gasteiger partial charge < -0.3 is 10.6 Å². The van der Waals surface area contributed by atoms with Crippen molar-refractivity contribution >= 4 is 5.91 Å². The van der Waals surface area contributed by atoms with Gasteiger partial charge in [0.1, 0.15) is 0 Å². The Balaban J connectivity index is 2.21. The molecular weight excluding hydrogens is 226 g/mol. The summed E-state index contributed by atoms with van der Waals surface area (Å²) in [5.41, 5.74) is 2.14. The molecule has 0 spiro atoms. The smallest absolute Gasteiger partial charge is 0.221 e. The summed E-state index contributed by atoms with van der Waals surface area (Å²) in [6.45, 7) is 9.39. The van der Waals surface area contributed by atoms with E-state index in [1.165, 1.54) is 0 Å². The quantitative estimate of drug-likeness (QED) is 0.782. The molecule has 100 valence electrons. The first-order valence-corrected chi connectivity index (χ1v) is 6.29. The molecule has 0 saturated heterocycles. The molecule has 1 aromatic rings. The normalized spacial score (nSPS) is 11.3. The van der Waals surface area contributed by atoms with Gasteiger partial charge in [0.15, 0.2) is 0 Å². The largest absolute Gasteiger partial charge is 0.351 e. The molecule has 1 aromatic heterocycles. The Kier molecular flexibility index (Phi) is 5.28. The highest BCUT2D eigenvalue weighted by molar-refractivity contribution is 5.76. The first-order valence-electron chi connectivity index (χ1n) is 6.29. The van der Waals surface area contributed by atoms with E-state index in [9.17, 15) is 4.79 Å². The molecule has 0 radical (unpaired) electrons. The number of rotatable bonds is 5. The Morgan fingerprint density at radius 2 is 2.06 bits per heavy atom. The van der Waals surface area contributed by atoms with Crippen LogP contribution in [0.5, 0.6) is 0 Å². The van der Waals surface area contributed by atoms with E-state index < -0.39 is 0 Å². The molecule has 18 heavy (non-hydrogen) atoms. The minimum Gasteiger partial charge on any atom is -0.351 e. The molecule has 2 N–H and O–H groups in total. The number of hydrogen-bond donors (Lipinski definition) is 2. The van der Waals surface area contributed by atoms with Gasteiger partial charge in [-0.25, -0.2) is 0 Å². The van der Waals surface area contributed by atoms with Crippen LogP contribution in [-0.4, -0.2) is 23.0 Å². The van der Waals surface area contributed by atoms with E-state index in [4.69, 9.17) is 0 Å². The molecule has 1 amide bonds. The molecule has 0 aliphatic rings. The van der Waals surface area contributed by atoms with Crippen molar-refractivity contribution in [2.75, 3.05) is 6.54 Å². The number of nitrogens with zero attached hydrogens (tertiary/aromatic N) is 1. The summed E-state index contributed by atoms with van der Waals surface area (Å²) in [4.78, 5) is 15.7. The second-order valence-corrected chi connectivity index (χ2v) is 5.60. The maximum Gasteiger partial charge on any atom is 0.221 e. The van der Waals surface area contributed by atoms with E-state index in [1.807, 2.05) is 40.1 Å². The van der Waals surface area contributed by atoms with Gasteiger partial charge in [-0.1, -0.05) is 6.07 Å². The van der Waals surface area contributed by atoms with E-state index in [-0.39, 0.29) is 11.4 Å². The SMILES string of the molecule is Cc1cncc(CNCCC(=O)NC(C)(C)C)c1. The van der Waals surface area contributed by atoms with Gasteiger partial charge >= 0.3 is 0 Å². The Labute approximate surface area is 109 Å². The predicted molar refractivity (Wildman–Crippen MR) is 73.2 cm³/mol. The van der Waals surface area contributed by atoms with Crippen molar-refractivity contribution in [1.82, 2.24) is 15.6 Å². The van der Waals surface area contributed by atoms with E-state index >= 15 is 0 Å². The van der Waals surface area contributed by atoms with Crippen LogP contribution in [0.15, 0.2) is 18.5 Å². The number of carbonyl (C=O) groups excluding carboxylic acids is 1. The summed E-state index contributed by atoms with van der Waals surface area (Å²) < 4.78 is 0. The molecule has 0 aromatic carbocycles. The minimum absolute atomic E-state index is 0.0809. The highest BCUT2D eigenvalue weighted by Gasteiger charge is 2.12. The van der Waals surface area contributed by atoms with Gasteiger partial charge in [-0.05, 0) is 38.8 Å². The number of nitrogens with one attached hydrogen (secondary N) is 2. The standard InChI is InChI=1S/C14H23N3O/c1-11-7-12(10-16-8-11)9-15-6-5-13(18)17-14(2,3)4/h7-8,10,15H,5-6,9H2,1-4H3,(H,17,18). The number of amides is 1. The highest BCUT2D eigenvalue weighted by Crippen LogP contribution is 2.01. The number of pyridine rings is 1. The van der Waals surface area contributed by atoms with Crippen molar-refractivity contribution in [1.29, 1.82) is 0 Å². The van der Waals surface area contributed by atoms with Crippen LogP contribution in [0.25, 0.3) is 0 Å². The summed E-state index contributed by atoms with van der Waals surface area (Å²) in [5, 5.41) is 6.18. The van der Waals surface area contributed by atoms with Crippen molar-refractivity contribution in [3.05, 3.63) is 29.6 Å². The molecule has 0 saturated carbocycles. The summed E-state index contributed by atoms with van der Waals surface area (Å²) in [5.74, 6) is 0.0809. The molecule has 4 nitrogen and oxygen atoms in total. The zero-order valence-corrected chi connectivity index (χ0v) is 11.7.